The molecule has 0 saturated heterocycles. The summed E-state index contributed by atoms with van der Waals surface area (Å²) in [4.78, 5) is 18.0. The van der Waals surface area contributed by atoms with Crippen LogP contribution in [0.25, 0.3) is 0 Å². The van der Waals surface area contributed by atoms with Gasteiger partial charge in [-0.2, -0.15) is 0 Å². The topological polar surface area (TPSA) is 75.2 Å². The Morgan fingerprint density at radius 1 is 0.938 bits per heavy atom. The molecule has 0 radical (unpaired) electrons. The molecule has 7 heteroatoms. The van der Waals surface area contributed by atoms with Crippen molar-refractivity contribution in [1.82, 2.24) is 15.5 Å². The molecule has 2 aromatic carbocycles. The molecule has 2 N–H and O–H groups in total. The van der Waals surface area contributed by atoms with Gasteiger partial charge in [-0.25, -0.2) is 4.99 Å². The van der Waals surface area contributed by atoms with Crippen molar-refractivity contribution < 1.29 is 14.3 Å². The molecule has 32 heavy (non-hydrogen) atoms. The largest absolute Gasteiger partial charge is 0.497 e. The number of aliphatic imine (C=N–C) groups is 1. The lowest BCUT2D eigenvalue weighted by atomic mass is 9.98. The first-order chi connectivity index (χ1) is 15.4. The Balaban J connectivity index is 1.88. The van der Waals surface area contributed by atoms with Gasteiger partial charge in [0.2, 0.25) is 5.91 Å². The predicted octanol–water partition coefficient (Wildman–Crippen LogP) is 3.06. The lowest BCUT2D eigenvalue weighted by Gasteiger charge is -2.16. The van der Waals surface area contributed by atoms with Crippen molar-refractivity contribution in [2.75, 3.05) is 47.9 Å². The first-order valence-corrected chi connectivity index (χ1v) is 10.9. The Kier molecular flexibility index (Phi) is 10.4. The zero-order valence-electron chi connectivity index (χ0n) is 19.9. The summed E-state index contributed by atoms with van der Waals surface area (Å²) in [6.07, 6.45) is 1.78. The number of benzene rings is 2. The van der Waals surface area contributed by atoms with Gasteiger partial charge in [-0.15, -0.1) is 0 Å². The van der Waals surface area contributed by atoms with Crippen LogP contribution in [0.3, 0.4) is 0 Å². The maximum absolute atomic E-state index is 12.0. The van der Waals surface area contributed by atoms with E-state index in [2.05, 4.69) is 46.8 Å². The van der Waals surface area contributed by atoms with Crippen molar-refractivity contribution in [2.24, 2.45) is 4.99 Å². The number of nitrogens with one attached hydrogen (secondary N) is 2. The van der Waals surface area contributed by atoms with Crippen molar-refractivity contribution in [3.63, 3.8) is 0 Å². The van der Waals surface area contributed by atoms with Gasteiger partial charge < -0.3 is 25.0 Å². The molecule has 0 aliphatic heterocycles. The fourth-order valence-corrected chi connectivity index (χ4v) is 3.09. The molecule has 0 aromatic heterocycles. The molecule has 2 aromatic rings. The Morgan fingerprint density at radius 2 is 1.50 bits per heavy atom. The van der Waals surface area contributed by atoms with Crippen LogP contribution in [0.5, 0.6) is 11.5 Å². The first-order valence-electron chi connectivity index (χ1n) is 10.9. The molecular formula is C25H36N4O3. The number of amides is 1. The number of methoxy groups -OCH3 is 2. The number of hydrogen-bond donors (Lipinski definition) is 2. The van der Waals surface area contributed by atoms with E-state index in [9.17, 15) is 4.79 Å². The van der Waals surface area contributed by atoms with Crippen LogP contribution in [0.1, 0.15) is 30.4 Å². The molecule has 174 valence electrons. The van der Waals surface area contributed by atoms with Crippen molar-refractivity contribution in [1.29, 1.82) is 0 Å². The van der Waals surface area contributed by atoms with Gasteiger partial charge in [0.25, 0.3) is 0 Å². The Hall–Kier alpha value is -3.22. The molecule has 0 aliphatic rings. The summed E-state index contributed by atoms with van der Waals surface area (Å²) in [7, 11) is 6.80. The summed E-state index contributed by atoms with van der Waals surface area (Å²) in [5.41, 5.74) is 2.47. The van der Waals surface area contributed by atoms with Gasteiger partial charge in [-0.1, -0.05) is 31.2 Å². The second-order valence-corrected chi connectivity index (χ2v) is 7.87. The number of guanidine groups is 1. The van der Waals surface area contributed by atoms with E-state index in [1.165, 1.54) is 11.1 Å². The number of rotatable bonds is 11. The third-order valence-corrected chi connectivity index (χ3v) is 5.29. The number of likely N-dealkylation sites (N-methyl/N-ethyl adjacent to an activating group) is 1. The summed E-state index contributed by atoms with van der Waals surface area (Å²) in [6.45, 7) is 3.77. The molecule has 1 atom stereocenters. The lowest BCUT2D eigenvalue weighted by molar-refractivity contribution is -0.127. The molecular weight excluding hydrogens is 404 g/mol. The van der Waals surface area contributed by atoms with Gasteiger partial charge in [0.1, 0.15) is 18.0 Å². The van der Waals surface area contributed by atoms with Crippen molar-refractivity contribution >= 4 is 11.9 Å². The SMILES string of the molecule is COc1ccc(CCNC(=NCC(=O)N(C)C)NCCC(C)c2ccc(OC)cc2)cc1. The summed E-state index contributed by atoms with van der Waals surface area (Å²) in [5, 5.41) is 6.71. The maximum atomic E-state index is 12.0. The van der Waals surface area contributed by atoms with Crippen molar-refractivity contribution in [3.05, 3.63) is 59.7 Å². The van der Waals surface area contributed by atoms with E-state index in [4.69, 9.17) is 9.47 Å². The van der Waals surface area contributed by atoms with Gasteiger partial charge in [-0.05, 0) is 54.2 Å². The van der Waals surface area contributed by atoms with Crippen LogP contribution >= 0.6 is 0 Å². The van der Waals surface area contributed by atoms with Crippen LogP contribution < -0.4 is 20.1 Å². The minimum Gasteiger partial charge on any atom is -0.497 e. The van der Waals surface area contributed by atoms with E-state index < -0.39 is 0 Å². The van der Waals surface area contributed by atoms with Crippen molar-refractivity contribution in [3.8, 4) is 11.5 Å². The summed E-state index contributed by atoms with van der Waals surface area (Å²) < 4.78 is 10.4. The standard InChI is InChI=1S/C25H36N4O3/c1-19(21-8-12-23(32-5)13-9-21)14-16-26-25(28-18-24(30)29(2)3)27-17-15-20-6-10-22(31-4)11-7-20/h6-13,19H,14-18H2,1-5H3,(H2,26,27,28). The van der Waals surface area contributed by atoms with Crippen LogP contribution in [0.15, 0.2) is 53.5 Å². The molecule has 1 unspecified atom stereocenters. The predicted molar refractivity (Wildman–Crippen MR) is 130 cm³/mol. The molecule has 0 heterocycles. The molecule has 2 rings (SSSR count). The molecule has 0 aliphatic carbocycles. The maximum Gasteiger partial charge on any atom is 0.243 e. The minimum absolute atomic E-state index is 0.0344. The first kappa shape index (κ1) is 25.0. The molecule has 1 amide bonds. The number of nitrogens with zero attached hydrogens (tertiary/aromatic N) is 2. The highest BCUT2D eigenvalue weighted by molar-refractivity contribution is 5.84. The van der Waals surface area contributed by atoms with E-state index in [1.807, 2.05) is 24.3 Å². The van der Waals surface area contributed by atoms with Gasteiger partial charge >= 0.3 is 0 Å². The smallest absolute Gasteiger partial charge is 0.243 e. The molecule has 0 bridgehead atoms. The fraction of sp³-hybridized carbons (Fsp3) is 0.440. The van der Waals surface area contributed by atoms with Gasteiger partial charge in [0.15, 0.2) is 5.96 Å². The average Bonchev–Trinajstić information content (AvgIpc) is 2.82. The van der Waals surface area contributed by atoms with Crippen LogP contribution in [0, 0.1) is 0 Å². The van der Waals surface area contributed by atoms with Crippen molar-refractivity contribution in [2.45, 2.75) is 25.7 Å². The second kappa shape index (κ2) is 13.2. The zero-order chi connectivity index (χ0) is 23.3. The Morgan fingerprint density at radius 3 is 2.06 bits per heavy atom. The summed E-state index contributed by atoms with van der Waals surface area (Å²) in [6, 6.07) is 16.2. The number of ether oxygens (including phenoxy) is 2. The van der Waals surface area contributed by atoms with E-state index in [-0.39, 0.29) is 12.5 Å². The average molecular weight is 441 g/mol. The Labute approximate surface area is 191 Å². The third-order valence-electron chi connectivity index (χ3n) is 5.29. The fourth-order valence-electron chi connectivity index (χ4n) is 3.09. The third kappa shape index (κ3) is 8.49. The van der Waals surface area contributed by atoms with Crippen LogP contribution in [0.4, 0.5) is 0 Å². The van der Waals surface area contributed by atoms with Crippen LogP contribution in [-0.4, -0.2) is 64.7 Å². The molecule has 7 nitrogen and oxygen atoms in total. The van der Waals surface area contributed by atoms with E-state index >= 15 is 0 Å². The van der Waals surface area contributed by atoms with Crippen LogP contribution in [-0.2, 0) is 11.2 Å². The van der Waals surface area contributed by atoms with E-state index in [0.29, 0.717) is 18.4 Å². The highest BCUT2D eigenvalue weighted by Crippen LogP contribution is 2.21. The number of carbonyl (C=O) groups excluding carboxylic acids is 1. The molecule has 0 fully saturated rings. The number of carbonyl (C=O) groups is 1. The quantitative estimate of drug-likeness (QED) is 0.415. The van der Waals surface area contributed by atoms with Gasteiger partial charge in [0, 0.05) is 27.2 Å². The second-order valence-electron chi connectivity index (χ2n) is 7.87. The monoisotopic (exact) mass is 440 g/mol. The minimum atomic E-state index is -0.0344. The highest BCUT2D eigenvalue weighted by atomic mass is 16.5. The summed E-state index contributed by atoms with van der Waals surface area (Å²) in [5.74, 6) is 2.71. The van der Waals surface area contributed by atoms with E-state index in [0.717, 1.165) is 30.9 Å². The molecule has 0 saturated carbocycles. The van der Waals surface area contributed by atoms with E-state index in [1.54, 1.807) is 33.2 Å². The summed E-state index contributed by atoms with van der Waals surface area (Å²) >= 11 is 0. The Bertz CT molecular complexity index is 848. The molecule has 0 spiro atoms. The van der Waals surface area contributed by atoms with Gasteiger partial charge in [-0.3, -0.25) is 4.79 Å². The van der Waals surface area contributed by atoms with Gasteiger partial charge in [0.05, 0.1) is 14.2 Å². The van der Waals surface area contributed by atoms with Crippen LogP contribution in [0.2, 0.25) is 0 Å². The zero-order valence-corrected chi connectivity index (χ0v) is 19.9. The number of hydrogen-bond acceptors (Lipinski definition) is 4. The lowest BCUT2D eigenvalue weighted by Crippen LogP contribution is -2.40. The normalized spacial score (nSPS) is 12.1. The highest BCUT2D eigenvalue weighted by Gasteiger charge is 2.08.